The first kappa shape index (κ1) is 10.6. The Morgan fingerprint density at radius 2 is 1.71 bits per heavy atom. The fourth-order valence-electron chi connectivity index (χ4n) is 2.98. The van der Waals surface area contributed by atoms with E-state index in [9.17, 15) is 0 Å². The van der Waals surface area contributed by atoms with E-state index in [1.54, 1.807) is 11.1 Å². The molecule has 1 aliphatic rings. The van der Waals surface area contributed by atoms with Gasteiger partial charge >= 0.3 is 0 Å². The van der Waals surface area contributed by atoms with E-state index in [2.05, 4.69) is 55.5 Å². The molecule has 0 saturated carbocycles. The van der Waals surface area contributed by atoms with Gasteiger partial charge in [0.15, 0.2) is 0 Å². The summed E-state index contributed by atoms with van der Waals surface area (Å²) in [6, 6.07) is 17.7. The van der Waals surface area contributed by atoms with Crippen molar-refractivity contribution in [3.8, 4) is 0 Å². The molecule has 1 unspecified atom stereocenters. The Labute approximate surface area is 103 Å². The lowest BCUT2D eigenvalue weighted by molar-refractivity contribution is 0.874. The number of hydrogen-bond donors (Lipinski definition) is 0. The number of aryl methyl sites for hydroxylation is 1. The molecule has 0 nitrogen and oxygen atoms in total. The zero-order valence-corrected chi connectivity index (χ0v) is 10.3. The molecule has 0 heterocycles. The van der Waals surface area contributed by atoms with Crippen molar-refractivity contribution in [3.63, 3.8) is 0 Å². The van der Waals surface area contributed by atoms with Crippen LogP contribution in [0, 0.1) is 0 Å². The van der Waals surface area contributed by atoms with Crippen molar-refractivity contribution in [1.82, 2.24) is 0 Å². The van der Waals surface area contributed by atoms with E-state index < -0.39 is 0 Å². The molecule has 0 saturated heterocycles. The summed E-state index contributed by atoms with van der Waals surface area (Å²) < 4.78 is 0. The molecule has 0 bridgehead atoms. The lowest BCUT2D eigenvalue weighted by Gasteiger charge is -2.16. The molecule has 2 aromatic rings. The molecule has 0 radical (unpaired) electrons. The van der Waals surface area contributed by atoms with Crippen LogP contribution in [-0.2, 0) is 12.8 Å². The smallest absolute Gasteiger partial charge is 0.00638 e. The van der Waals surface area contributed by atoms with Gasteiger partial charge in [0, 0.05) is 5.92 Å². The van der Waals surface area contributed by atoms with Gasteiger partial charge in [-0.1, -0.05) is 55.5 Å². The largest absolute Gasteiger partial charge is 0.0622 e. The van der Waals surface area contributed by atoms with Gasteiger partial charge in [-0.15, -0.1) is 0 Å². The third-order valence-corrected chi connectivity index (χ3v) is 3.95. The molecule has 1 aliphatic carbocycles. The molecular weight excluding hydrogens is 204 g/mol. The summed E-state index contributed by atoms with van der Waals surface area (Å²) in [6.07, 6.45) is 3.86. The van der Waals surface area contributed by atoms with Gasteiger partial charge in [0.2, 0.25) is 0 Å². The molecule has 3 rings (SSSR count). The van der Waals surface area contributed by atoms with Crippen molar-refractivity contribution in [2.24, 2.45) is 0 Å². The summed E-state index contributed by atoms with van der Waals surface area (Å²) >= 11 is 0. The van der Waals surface area contributed by atoms with Gasteiger partial charge < -0.3 is 0 Å². The number of hydrogen-bond acceptors (Lipinski definition) is 0. The highest BCUT2D eigenvalue weighted by molar-refractivity contribution is 5.43. The van der Waals surface area contributed by atoms with Crippen LogP contribution in [0.1, 0.15) is 41.5 Å². The second kappa shape index (κ2) is 4.37. The molecule has 17 heavy (non-hydrogen) atoms. The SMILES string of the molecule is CC(c1ccccc1)c1cccc2c1CCC2. The van der Waals surface area contributed by atoms with Crippen molar-refractivity contribution < 1.29 is 0 Å². The highest BCUT2D eigenvalue weighted by Gasteiger charge is 2.18. The molecule has 0 heteroatoms. The van der Waals surface area contributed by atoms with Gasteiger partial charge in [0.1, 0.15) is 0 Å². The average Bonchev–Trinajstić information content (AvgIpc) is 2.87. The van der Waals surface area contributed by atoms with E-state index in [-0.39, 0.29) is 0 Å². The molecular formula is C17H18. The predicted molar refractivity (Wildman–Crippen MR) is 72.4 cm³/mol. The quantitative estimate of drug-likeness (QED) is 0.709. The molecule has 0 aliphatic heterocycles. The van der Waals surface area contributed by atoms with E-state index in [4.69, 9.17) is 0 Å². The fourth-order valence-corrected chi connectivity index (χ4v) is 2.98. The van der Waals surface area contributed by atoms with E-state index in [1.165, 1.54) is 30.4 Å². The summed E-state index contributed by atoms with van der Waals surface area (Å²) in [4.78, 5) is 0. The lowest BCUT2D eigenvalue weighted by Crippen LogP contribution is -2.00. The van der Waals surface area contributed by atoms with Gasteiger partial charge in [-0.05, 0) is 41.5 Å². The van der Waals surface area contributed by atoms with E-state index in [0.717, 1.165) is 0 Å². The molecule has 86 valence electrons. The van der Waals surface area contributed by atoms with Gasteiger partial charge in [-0.25, -0.2) is 0 Å². The first-order valence-electron chi connectivity index (χ1n) is 6.52. The molecule has 1 atom stereocenters. The zero-order valence-electron chi connectivity index (χ0n) is 10.3. The summed E-state index contributed by atoms with van der Waals surface area (Å²) in [6.45, 7) is 2.32. The van der Waals surface area contributed by atoms with Crippen LogP contribution in [0.3, 0.4) is 0 Å². The second-order valence-corrected chi connectivity index (χ2v) is 4.97. The summed E-state index contributed by atoms with van der Waals surface area (Å²) in [5.41, 5.74) is 6.15. The summed E-state index contributed by atoms with van der Waals surface area (Å²) in [7, 11) is 0. The monoisotopic (exact) mass is 222 g/mol. The third-order valence-electron chi connectivity index (χ3n) is 3.95. The minimum Gasteiger partial charge on any atom is -0.0622 e. The Hall–Kier alpha value is -1.56. The van der Waals surface area contributed by atoms with Gasteiger partial charge in [0.25, 0.3) is 0 Å². The lowest BCUT2D eigenvalue weighted by atomic mass is 9.88. The van der Waals surface area contributed by atoms with Crippen molar-refractivity contribution in [3.05, 3.63) is 70.8 Å². The Bertz CT molecular complexity index is 511. The zero-order chi connectivity index (χ0) is 11.7. The normalized spacial score (nSPS) is 15.6. The van der Waals surface area contributed by atoms with Crippen LogP contribution in [0.5, 0.6) is 0 Å². The minimum absolute atomic E-state index is 0.518. The van der Waals surface area contributed by atoms with E-state index in [1.807, 2.05) is 0 Å². The van der Waals surface area contributed by atoms with Gasteiger partial charge in [0.05, 0.1) is 0 Å². The molecule has 2 aromatic carbocycles. The standard InChI is InChI=1S/C17H18/c1-13(14-7-3-2-4-8-14)16-11-5-9-15-10-6-12-17(15)16/h2-5,7-9,11,13H,6,10,12H2,1H3. The van der Waals surface area contributed by atoms with E-state index in [0.29, 0.717) is 5.92 Å². The summed E-state index contributed by atoms with van der Waals surface area (Å²) in [5, 5.41) is 0. The molecule has 0 fully saturated rings. The summed E-state index contributed by atoms with van der Waals surface area (Å²) in [5.74, 6) is 0.518. The van der Waals surface area contributed by atoms with Crippen molar-refractivity contribution in [2.75, 3.05) is 0 Å². The van der Waals surface area contributed by atoms with Crippen LogP contribution in [0.25, 0.3) is 0 Å². The third kappa shape index (κ3) is 1.88. The van der Waals surface area contributed by atoms with Crippen molar-refractivity contribution >= 4 is 0 Å². The highest BCUT2D eigenvalue weighted by atomic mass is 14.2. The van der Waals surface area contributed by atoms with Crippen molar-refractivity contribution in [2.45, 2.75) is 32.1 Å². The minimum atomic E-state index is 0.518. The van der Waals surface area contributed by atoms with Gasteiger partial charge in [-0.2, -0.15) is 0 Å². The number of rotatable bonds is 2. The predicted octanol–water partition coefficient (Wildman–Crippen LogP) is 4.33. The Morgan fingerprint density at radius 1 is 0.882 bits per heavy atom. The maximum Gasteiger partial charge on any atom is 0.00638 e. The van der Waals surface area contributed by atoms with Crippen LogP contribution in [0.15, 0.2) is 48.5 Å². The molecule has 0 spiro atoms. The van der Waals surface area contributed by atoms with Crippen LogP contribution >= 0.6 is 0 Å². The maximum atomic E-state index is 2.32. The van der Waals surface area contributed by atoms with Crippen LogP contribution in [-0.4, -0.2) is 0 Å². The molecule has 0 amide bonds. The second-order valence-electron chi connectivity index (χ2n) is 4.97. The first-order valence-corrected chi connectivity index (χ1v) is 6.52. The molecule has 0 N–H and O–H groups in total. The Balaban J connectivity index is 2.03. The first-order chi connectivity index (χ1) is 8.36. The van der Waals surface area contributed by atoms with Gasteiger partial charge in [-0.3, -0.25) is 0 Å². The van der Waals surface area contributed by atoms with Crippen LogP contribution in [0.2, 0.25) is 0 Å². The van der Waals surface area contributed by atoms with Crippen LogP contribution < -0.4 is 0 Å². The highest BCUT2D eigenvalue weighted by Crippen LogP contribution is 2.33. The Kier molecular flexibility index (Phi) is 2.72. The topological polar surface area (TPSA) is 0 Å². The number of benzene rings is 2. The number of fused-ring (bicyclic) bond motifs is 1. The Morgan fingerprint density at radius 3 is 2.53 bits per heavy atom. The van der Waals surface area contributed by atoms with E-state index >= 15 is 0 Å². The fraction of sp³-hybridized carbons (Fsp3) is 0.294. The average molecular weight is 222 g/mol. The maximum absolute atomic E-state index is 2.32. The molecule has 0 aromatic heterocycles. The van der Waals surface area contributed by atoms with Crippen LogP contribution in [0.4, 0.5) is 0 Å². The van der Waals surface area contributed by atoms with Crippen molar-refractivity contribution in [1.29, 1.82) is 0 Å².